The fourth-order valence-corrected chi connectivity index (χ4v) is 5.59. The molecule has 1 N–H and O–H groups in total. The number of fused-ring (bicyclic) bond motifs is 2. The zero-order valence-corrected chi connectivity index (χ0v) is 23.8. The van der Waals surface area contributed by atoms with E-state index in [2.05, 4.69) is 6.92 Å². The summed E-state index contributed by atoms with van der Waals surface area (Å²) in [6, 6.07) is 10.6. The van der Waals surface area contributed by atoms with Crippen LogP contribution in [0.3, 0.4) is 0 Å². The van der Waals surface area contributed by atoms with Crippen LogP contribution in [-0.2, 0) is 22.5 Å². The summed E-state index contributed by atoms with van der Waals surface area (Å²) >= 11 is 0. The molecule has 1 atom stereocenters. The first-order valence-corrected chi connectivity index (χ1v) is 13.5. The second kappa shape index (κ2) is 10.6. The van der Waals surface area contributed by atoms with Gasteiger partial charge in [0.05, 0.1) is 25.9 Å². The molecule has 0 bridgehead atoms. The summed E-state index contributed by atoms with van der Waals surface area (Å²) in [6.45, 7) is 10.2. The second-order valence-corrected chi connectivity index (χ2v) is 11.2. The van der Waals surface area contributed by atoms with E-state index in [9.17, 15) is 14.3 Å². The molecule has 3 heterocycles. The molecule has 40 heavy (non-hydrogen) atoms. The maximum absolute atomic E-state index is 14.9. The molecule has 1 aliphatic heterocycles. The lowest BCUT2D eigenvalue weighted by molar-refractivity contribution is -0.160. The Morgan fingerprint density at radius 1 is 1.20 bits per heavy atom. The van der Waals surface area contributed by atoms with E-state index < -0.39 is 17.7 Å². The molecule has 0 amide bonds. The number of methoxy groups -OCH3 is 1. The smallest absolute Gasteiger partial charge is 0.337 e. The minimum Gasteiger partial charge on any atom is -0.496 e. The number of carbonyl (C=O) groups is 1. The highest BCUT2D eigenvalue weighted by Crippen LogP contribution is 2.43. The number of hydrogen-bond acceptors (Lipinski definition) is 5. The van der Waals surface area contributed by atoms with Crippen molar-refractivity contribution in [2.45, 2.75) is 65.7 Å². The standard InChI is InChI=1S/C32H35FN2O5/c1-18-20-9-8-16-39-26(20)13-12-21(18)28-22-14-15-35(17-23-24(33)10-7-11-25(23)38-6)30(22)34-19(2)27(28)29(31(36)37)40-32(3,4)5/h7,10-15,29H,8-9,16-17H2,1-6H3,(H,36,37). The molecule has 1 aliphatic rings. The van der Waals surface area contributed by atoms with Crippen molar-refractivity contribution in [1.29, 1.82) is 0 Å². The zero-order chi connectivity index (χ0) is 28.8. The van der Waals surface area contributed by atoms with Crippen LogP contribution in [0.25, 0.3) is 22.2 Å². The van der Waals surface area contributed by atoms with Gasteiger partial charge in [-0.3, -0.25) is 0 Å². The van der Waals surface area contributed by atoms with Crippen LogP contribution in [0.5, 0.6) is 11.5 Å². The molecule has 0 radical (unpaired) electrons. The lowest BCUT2D eigenvalue weighted by Crippen LogP contribution is -2.28. The zero-order valence-electron chi connectivity index (χ0n) is 23.8. The predicted octanol–water partition coefficient (Wildman–Crippen LogP) is 6.78. The number of benzene rings is 2. The number of aliphatic carboxylic acids is 1. The van der Waals surface area contributed by atoms with Crippen molar-refractivity contribution < 1.29 is 28.5 Å². The van der Waals surface area contributed by atoms with Gasteiger partial charge in [-0.05, 0) is 88.4 Å². The highest BCUT2D eigenvalue weighted by atomic mass is 19.1. The third kappa shape index (κ3) is 5.04. The Labute approximate surface area is 233 Å². The van der Waals surface area contributed by atoms with E-state index in [0.29, 0.717) is 34.8 Å². The topological polar surface area (TPSA) is 82.8 Å². The van der Waals surface area contributed by atoms with Gasteiger partial charge in [-0.25, -0.2) is 14.2 Å². The summed E-state index contributed by atoms with van der Waals surface area (Å²) in [6.07, 6.45) is 2.41. The average molecular weight is 547 g/mol. The van der Waals surface area contributed by atoms with Gasteiger partial charge in [0, 0.05) is 34.0 Å². The molecule has 4 aromatic rings. The van der Waals surface area contributed by atoms with Crippen molar-refractivity contribution >= 4 is 17.0 Å². The van der Waals surface area contributed by atoms with Crippen LogP contribution in [0.2, 0.25) is 0 Å². The predicted molar refractivity (Wildman–Crippen MR) is 152 cm³/mol. The summed E-state index contributed by atoms with van der Waals surface area (Å²) < 4.78 is 34.2. The number of carboxylic acids is 1. The molecule has 2 aromatic heterocycles. The van der Waals surface area contributed by atoms with Crippen LogP contribution in [0, 0.1) is 19.7 Å². The highest BCUT2D eigenvalue weighted by Gasteiger charge is 2.33. The number of nitrogens with zero attached hydrogens (tertiary/aromatic N) is 2. The molecular formula is C32H35FN2O5. The number of pyridine rings is 1. The molecule has 0 fully saturated rings. The Kier molecular flexibility index (Phi) is 7.31. The number of halogens is 1. The minimum atomic E-state index is -1.24. The second-order valence-electron chi connectivity index (χ2n) is 11.2. The van der Waals surface area contributed by atoms with Crippen molar-refractivity contribution in [2.24, 2.45) is 0 Å². The maximum atomic E-state index is 14.9. The van der Waals surface area contributed by atoms with Crippen molar-refractivity contribution in [3.05, 3.63) is 76.4 Å². The summed E-state index contributed by atoms with van der Waals surface area (Å²) in [4.78, 5) is 17.6. The minimum absolute atomic E-state index is 0.197. The lowest BCUT2D eigenvalue weighted by Gasteiger charge is -2.29. The van der Waals surface area contributed by atoms with Gasteiger partial charge in [0.15, 0.2) is 6.10 Å². The molecule has 8 heteroatoms. The van der Waals surface area contributed by atoms with E-state index in [-0.39, 0.29) is 12.4 Å². The summed E-state index contributed by atoms with van der Waals surface area (Å²) in [7, 11) is 1.52. The number of aromatic nitrogens is 2. The summed E-state index contributed by atoms with van der Waals surface area (Å²) in [5, 5.41) is 11.1. The summed E-state index contributed by atoms with van der Waals surface area (Å²) in [5.74, 6) is -0.147. The fourth-order valence-electron chi connectivity index (χ4n) is 5.59. The first-order valence-electron chi connectivity index (χ1n) is 13.5. The normalized spacial score (nSPS) is 14.1. The molecule has 0 saturated carbocycles. The molecular weight excluding hydrogens is 511 g/mol. The first-order chi connectivity index (χ1) is 19.0. The van der Waals surface area contributed by atoms with Crippen LogP contribution in [0.4, 0.5) is 4.39 Å². The van der Waals surface area contributed by atoms with Crippen LogP contribution in [0.1, 0.15) is 61.2 Å². The van der Waals surface area contributed by atoms with Gasteiger partial charge in [-0.15, -0.1) is 0 Å². The number of aryl methyl sites for hydroxylation is 1. The maximum Gasteiger partial charge on any atom is 0.337 e. The Balaban J connectivity index is 1.79. The van der Waals surface area contributed by atoms with E-state index in [4.69, 9.17) is 19.2 Å². The van der Waals surface area contributed by atoms with Gasteiger partial charge in [-0.1, -0.05) is 12.1 Å². The average Bonchev–Trinajstić information content (AvgIpc) is 3.29. The van der Waals surface area contributed by atoms with Crippen LogP contribution in [0.15, 0.2) is 42.6 Å². The van der Waals surface area contributed by atoms with E-state index in [1.54, 1.807) is 19.1 Å². The Hall–Kier alpha value is -3.91. The molecule has 210 valence electrons. The van der Waals surface area contributed by atoms with Crippen molar-refractivity contribution in [1.82, 2.24) is 9.55 Å². The Morgan fingerprint density at radius 2 is 1.98 bits per heavy atom. The number of rotatable bonds is 7. The Bertz CT molecular complexity index is 1600. The van der Waals surface area contributed by atoms with Gasteiger partial charge >= 0.3 is 5.97 Å². The molecule has 5 rings (SSSR count). The largest absolute Gasteiger partial charge is 0.496 e. The first kappa shape index (κ1) is 27.6. The van der Waals surface area contributed by atoms with Gasteiger partial charge in [0.1, 0.15) is 23.0 Å². The van der Waals surface area contributed by atoms with Crippen LogP contribution in [-0.4, -0.2) is 39.9 Å². The monoisotopic (exact) mass is 546 g/mol. The van der Waals surface area contributed by atoms with Gasteiger partial charge in [0.2, 0.25) is 0 Å². The van der Waals surface area contributed by atoms with E-state index in [1.165, 1.54) is 13.2 Å². The molecule has 0 spiro atoms. The van der Waals surface area contributed by atoms with E-state index in [0.717, 1.165) is 46.2 Å². The number of carboxylic acid groups (broad SMARTS) is 1. The van der Waals surface area contributed by atoms with E-state index in [1.807, 2.05) is 49.7 Å². The van der Waals surface area contributed by atoms with Crippen molar-refractivity contribution in [2.75, 3.05) is 13.7 Å². The van der Waals surface area contributed by atoms with Gasteiger partial charge < -0.3 is 23.9 Å². The quantitative estimate of drug-likeness (QED) is 0.275. The third-order valence-electron chi connectivity index (χ3n) is 7.37. The molecule has 7 nitrogen and oxygen atoms in total. The van der Waals surface area contributed by atoms with Crippen LogP contribution >= 0.6 is 0 Å². The third-order valence-corrected chi connectivity index (χ3v) is 7.37. The highest BCUT2D eigenvalue weighted by molar-refractivity contribution is 5.99. The Morgan fingerprint density at radius 3 is 2.67 bits per heavy atom. The molecule has 2 aromatic carbocycles. The van der Waals surface area contributed by atoms with Crippen molar-refractivity contribution in [3.63, 3.8) is 0 Å². The SMILES string of the molecule is COc1cccc(F)c1Cn1ccc2c(-c3ccc4c(c3C)CCCO4)c(C(OC(C)(C)C)C(=O)O)c(C)nc21. The van der Waals surface area contributed by atoms with Gasteiger partial charge in [0.25, 0.3) is 0 Å². The van der Waals surface area contributed by atoms with Crippen molar-refractivity contribution in [3.8, 4) is 22.6 Å². The molecule has 0 aliphatic carbocycles. The number of ether oxygens (including phenoxy) is 3. The van der Waals surface area contributed by atoms with Crippen LogP contribution < -0.4 is 9.47 Å². The van der Waals surface area contributed by atoms with Gasteiger partial charge in [-0.2, -0.15) is 0 Å². The fraction of sp³-hybridized carbons (Fsp3) is 0.375. The molecule has 1 unspecified atom stereocenters. The summed E-state index contributed by atoms with van der Waals surface area (Å²) in [5.41, 5.74) is 5.18. The number of hydrogen-bond donors (Lipinski definition) is 1. The van der Waals surface area contributed by atoms with E-state index >= 15 is 0 Å². The molecule has 0 saturated heterocycles. The lowest BCUT2D eigenvalue weighted by atomic mass is 9.87.